The first kappa shape index (κ1) is 89.6. The number of hydrogen-bond donors (Lipinski definition) is 0. The van der Waals surface area contributed by atoms with E-state index in [0.29, 0.717) is 0 Å². The molecule has 0 fully saturated rings. The normalized spacial score (nSPS) is 11.9. The summed E-state index contributed by atoms with van der Waals surface area (Å²) in [6.45, 7) is 26.0. The highest BCUT2D eigenvalue weighted by molar-refractivity contribution is 4.60. The second-order valence-corrected chi connectivity index (χ2v) is 28.7. The topological polar surface area (TPSA) is 0 Å². The van der Waals surface area contributed by atoms with Gasteiger partial charge in [-0.25, -0.2) is 0 Å². The van der Waals surface area contributed by atoms with Gasteiger partial charge in [-0.3, -0.25) is 0 Å². The predicted octanol–water partition coefficient (Wildman–Crippen LogP) is 22.5. The van der Waals surface area contributed by atoms with Crippen molar-refractivity contribution in [3.05, 3.63) is 0 Å². The van der Waals surface area contributed by atoms with Crippen molar-refractivity contribution >= 4 is 0 Å². The molecule has 4 heteroatoms. The molecular weight excluding hydrogens is 1240 g/mol. The zero-order valence-electron chi connectivity index (χ0n) is 60.0. The van der Waals surface area contributed by atoms with Gasteiger partial charge in [-0.1, -0.05) is 363 Å². The lowest BCUT2D eigenvalue weighted by molar-refractivity contribution is -0.929. The van der Waals surface area contributed by atoms with Gasteiger partial charge in [-0.15, -0.1) is 0 Å². The van der Waals surface area contributed by atoms with Crippen molar-refractivity contribution in [1.29, 1.82) is 0 Å². The number of halogens is 2. The van der Waals surface area contributed by atoms with Crippen LogP contribution >= 0.6 is 0 Å². The molecule has 0 aromatic rings. The Morgan fingerprint density at radius 3 is 0.262 bits per heavy atom. The van der Waals surface area contributed by atoms with E-state index >= 15 is 0 Å². The molecule has 84 heavy (non-hydrogen) atoms. The Kier molecular flexibility index (Phi) is 81.9. The van der Waals surface area contributed by atoms with Crippen LogP contribution in [0, 0.1) is 0 Å². The molecule has 0 N–H and O–H groups in total. The van der Waals surface area contributed by atoms with E-state index in [9.17, 15) is 0 Å². The van der Waals surface area contributed by atoms with E-state index in [-0.39, 0.29) is 48.0 Å². The van der Waals surface area contributed by atoms with E-state index in [1.807, 2.05) is 0 Å². The van der Waals surface area contributed by atoms with Crippen LogP contribution in [0.5, 0.6) is 0 Å². The van der Waals surface area contributed by atoms with Gasteiger partial charge in [-0.05, 0) is 103 Å². The molecule has 0 saturated carbocycles. The van der Waals surface area contributed by atoms with E-state index in [2.05, 4.69) is 41.5 Å². The fraction of sp³-hybridized carbons (Fsp3) is 1.00. The summed E-state index contributed by atoms with van der Waals surface area (Å²) in [6, 6.07) is 0. The summed E-state index contributed by atoms with van der Waals surface area (Å²) in [4.78, 5) is 0. The highest BCUT2D eigenvalue weighted by Crippen LogP contribution is 2.25. The molecule has 0 heterocycles. The molecule has 0 aromatic carbocycles. The molecule has 0 atom stereocenters. The SMILES string of the molecule is CCCCCCCCCCCC[N+](CCCCCCCCCCCC)(CCCCCCCCCCCC)CCCCCCCC[N+](CCCCCCCCCCCC)(CCCCCCCCCCCC)CCCCCCCCCCCC.[I-].[I-]. The van der Waals surface area contributed by atoms with Gasteiger partial charge in [0.15, 0.2) is 0 Å². The van der Waals surface area contributed by atoms with Crippen molar-refractivity contribution in [3.8, 4) is 0 Å². The Bertz CT molecular complexity index is 923. The minimum Gasteiger partial charge on any atom is -1.00 e. The summed E-state index contributed by atoms with van der Waals surface area (Å²) in [6.07, 6.45) is 97.0. The highest BCUT2D eigenvalue weighted by atomic mass is 127. The maximum atomic E-state index is 2.36. The highest BCUT2D eigenvalue weighted by Gasteiger charge is 2.27. The number of nitrogens with zero attached hydrogens (tertiary/aromatic N) is 2. The van der Waals surface area contributed by atoms with E-state index in [1.165, 1.54) is 485 Å². The Hall–Kier alpha value is 1.38. The lowest BCUT2D eigenvalue weighted by Crippen LogP contribution is -3.00. The third-order valence-electron chi connectivity index (χ3n) is 20.4. The average molecular weight is 1410 g/mol. The number of hydrogen-bond acceptors (Lipinski definition) is 0. The zero-order chi connectivity index (χ0) is 59.3. The van der Waals surface area contributed by atoms with Crippen LogP contribution in [0.4, 0.5) is 0 Å². The Morgan fingerprint density at radius 2 is 0.179 bits per heavy atom. The summed E-state index contributed by atoms with van der Waals surface area (Å²) < 4.78 is 2.98. The van der Waals surface area contributed by atoms with Crippen LogP contribution in [0.1, 0.15) is 465 Å². The Labute approximate surface area is 570 Å². The molecule has 510 valence electrons. The van der Waals surface area contributed by atoms with Crippen LogP contribution in [0.15, 0.2) is 0 Å². The predicted molar refractivity (Wildman–Crippen MR) is 378 cm³/mol. The number of unbranched alkanes of at least 4 members (excludes halogenated alkanes) is 59. The Morgan fingerprint density at radius 1 is 0.107 bits per heavy atom. The molecule has 0 aliphatic rings. The average Bonchev–Trinajstić information content (AvgIpc) is 3.70. The van der Waals surface area contributed by atoms with Gasteiger partial charge in [0.25, 0.3) is 0 Å². The third kappa shape index (κ3) is 66.3. The van der Waals surface area contributed by atoms with Crippen LogP contribution < -0.4 is 48.0 Å². The molecule has 0 saturated heterocycles. The molecule has 0 spiro atoms. The van der Waals surface area contributed by atoms with Gasteiger partial charge >= 0.3 is 0 Å². The molecule has 0 aliphatic carbocycles. The second kappa shape index (κ2) is 76.8. The molecule has 2 nitrogen and oxygen atoms in total. The van der Waals surface area contributed by atoms with Gasteiger partial charge in [0.05, 0.1) is 52.4 Å². The van der Waals surface area contributed by atoms with Crippen LogP contribution in [-0.4, -0.2) is 61.3 Å². The van der Waals surface area contributed by atoms with Crippen LogP contribution in [-0.2, 0) is 0 Å². The fourth-order valence-electron chi connectivity index (χ4n) is 14.6. The molecule has 0 amide bonds. The molecule has 0 bridgehead atoms. The van der Waals surface area contributed by atoms with Crippen molar-refractivity contribution < 1.29 is 56.9 Å². The maximum absolute atomic E-state index is 2.36. The molecule has 0 aliphatic heterocycles. The fourth-order valence-corrected chi connectivity index (χ4v) is 14.6. The quantitative estimate of drug-likeness (QED) is 0.0323. The molecule has 0 unspecified atom stereocenters. The Balaban J connectivity index is -0.0000328. The first-order chi connectivity index (χ1) is 40.6. The van der Waals surface area contributed by atoms with Gasteiger partial charge in [0.1, 0.15) is 0 Å². The van der Waals surface area contributed by atoms with Gasteiger partial charge in [0, 0.05) is 0 Å². The van der Waals surface area contributed by atoms with Gasteiger partial charge < -0.3 is 56.9 Å². The summed E-state index contributed by atoms with van der Waals surface area (Å²) >= 11 is 0. The summed E-state index contributed by atoms with van der Waals surface area (Å²) in [5.41, 5.74) is 0. The van der Waals surface area contributed by atoms with E-state index < -0.39 is 0 Å². The first-order valence-electron chi connectivity index (χ1n) is 40.3. The number of rotatable bonds is 75. The van der Waals surface area contributed by atoms with Crippen LogP contribution in [0.3, 0.4) is 0 Å². The minimum absolute atomic E-state index is 0. The van der Waals surface area contributed by atoms with Crippen molar-refractivity contribution in [3.63, 3.8) is 0 Å². The lowest BCUT2D eigenvalue weighted by Gasteiger charge is -2.40. The molecular formula is C80H166I2N2. The number of quaternary nitrogens is 2. The smallest absolute Gasteiger partial charge is 0.0786 e. The standard InChI is InChI=1S/C80H166N2.2HI/c1-7-13-19-25-31-37-43-49-57-65-73-81(74-66-58-50-44-38-32-26-20-14-8-2,75-67-59-51-45-39-33-27-21-15-9-3)79-71-63-55-56-64-72-80-82(76-68-60-52-46-40-34-28-22-16-10-4,77-69-61-53-47-41-35-29-23-17-11-5)78-70-62-54-48-42-36-30-24-18-12-6;;/h7-80H2,1-6H3;2*1H/q+2;;/p-2. The van der Waals surface area contributed by atoms with Crippen molar-refractivity contribution in [2.45, 2.75) is 465 Å². The molecule has 0 radical (unpaired) electrons. The van der Waals surface area contributed by atoms with E-state index in [0.717, 1.165) is 0 Å². The van der Waals surface area contributed by atoms with Crippen LogP contribution in [0.2, 0.25) is 0 Å². The van der Waals surface area contributed by atoms with E-state index in [4.69, 9.17) is 0 Å². The summed E-state index contributed by atoms with van der Waals surface area (Å²) in [5.74, 6) is 0. The monoisotopic (exact) mass is 1410 g/mol. The van der Waals surface area contributed by atoms with Crippen LogP contribution in [0.25, 0.3) is 0 Å². The minimum atomic E-state index is 0. The zero-order valence-corrected chi connectivity index (χ0v) is 64.3. The maximum Gasteiger partial charge on any atom is 0.0786 e. The lowest BCUT2D eigenvalue weighted by atomic mass is 10.0. The van der Waals surface area contributed by atoms with Gasteiger partial charge in [0.2, 0.25) is 0 Å². The first-order valence-corrected chi connectivity index (χ1v) is 40.3. The molecule has 0 aromatic heterocycles. The summed E-state index contributed by atoms with van der Waals surface area (Å²) in [5, 5.41) is 0. The van der Waals surface area contributed by atoms with Gasteiger partial charge in [-0.2, -0.15) is 0 Å². The van der Waals surface area contributed by atoms with Crippen molar-refractivity contribution in [2.75, 3.05) is 52.4 Å². The largest absolute Gasteiger partial charge is 1.00 e. The third-order valence-corrected chi connectivity index (χ3v) is 20.4. The summed E-state index contributed by atoms with van der Waals surface area (Å²) in [7, 11) is 0. The van der Waals surface area contributed by atoms with Crippen molar-refractivity contribution in [2.24, 2.45) is 0 Å². The van der Waals surface area contributed by atoms with E-state index in [1.54, 1.807) is 0 Å². The van der Waals surface area contributed by atoms with Crippen molar-refractivity contribution in [1.82, 2.24) is 0 Å². The second-order valence-electron chi connectivity index (χ2n) is 28.7. The molecule has 0 rings (SSSR count).